The summed E-state index contributed by atoms with van der Waals surface area (Å²) in [7, 11) is 0. The fourth-order valence-corrected chi connectivity index (χ4v) is 4.74. The molecule has 0 spiro atoms. The van der Waals surface area contributed by atoms with Crippen LogP contribution in [0.4, 0.5) is 5.69 Å². The van der Waals surface area contributed by atoms with Gasteiger partial charge in [0.05, 0.1) is 34.0 Å². The van der Waals surface area contributed by atoms with Crippen molar-refractivity contribution in [1.29, 1.82) is 0 Å². The van der Waals surface area contributed by atoms with E-state index in [1.54, 1.807) is 6.07 Å². The number of aromatic nitrogens is 2. The quantitative estimate of drug-likeness (QED) is 0.873. The van der Waals surface area contributed by atoms with Crippen LogP contribution < -0.4 is 5.73 Å². The number of nitrogens with two attached hydrogens (primary N) is 1. The van der Waals surface area contributed by atoms with E-state index in [1.165, 1.54) is 0 Å². The Morgan fingerprint density at radius 3 is 3.10 bits per heavy atom. The summed E-state index contributed by atoms with van der Waals surface area (Å²) in [6, 6.07) is 1.72. The number of thioether (sulfide) groups is 1. The van der Waals surface area contributed by atoms with E-state index in [4.69, 9.17) is 26.8 Å². The van der Waals surface area contributed by atoms with Gasteiger partial charge in [0, 0.05) is 11.9 Å². The van der Waals surface area contributed by atoms with Crippen molar-refractivity contribution in [3.63, 3.8) is 0 Å². The molecule has 2 aliphatic rings. The van der Waals surface area contributed by atoms with Gasteiger partial charge in [-0.05, 0) is 19.9 Å². The van der Waals surface area contributed by atoms with Crippen molar-refractivity contribution in [1.82, 2.24) is 9.38 Å². The Morgan fingerprint density at radius 1 is 1.48 bits per heavy atom. The van der Waals surface area contributed by atoms with Gasteiger partial charge in [0.25, 0.3) is 0 Å². The molecule has 112 valence electrons. The van der Waals surface area contributed by atoms with Crippen LogP contribution in [-0.2, 0) is 9.47 Å². The Labute approximate surface area is 131 Å². The minimum absolute atomic E-state index is 0.0325. The third-order valence-electron chi connectivity index (χ3n) is 3.88. The Morgan fingerprint density at radius 2 is 2.29 bits per heavy atom. The highest BCUT2D eigenvalue weighted by atomic mass is 35.5. The van der Waals surface area contributed by atoms with E-state index < -0.39 is 5.79 Å². The maximum absolute atomic E-state index is 6.12. The molecule has 5 nitrogen and oxygen atoms in total. The molecule has 0 radical (unpaired) electrons. The first-order valence-electron chi connectivity index (χ1n) is 6.84. The summed E-state index contributed by atoms with van der Waals surface area (Å²) in [5, 5.41) is 0.771. The smallest absolute Gasteiger partial charge is 0.163 e. The Balaban J connectivity index is 1.77. The van der Waals surface area contributed by atoms with E-state index in [2.05, 4.69) is 4.98 Å². The van der Waals surface area contributed by atoms with Gasteiger partial charge in [-0.1, -0.05) is 11.6 Å². The first-order valence-corrected chi connectivity index (χ1v) is 8.26. The number of rotatable bonds is 1. The Kier molecular flexibility index (Phi) is 2.95. The van der Waals surface area contributed by atoms with E-state index in [9.17, 15) is 0 Å². The molecule has 2 saturated heterocycles. The summed E-state index contributed by atoms with van der Waals surface area (Å²) in [6.07, 6.45) is 3.86. The molecule has 21 heavy (non-hydrogen) atoms. The van der Waals surface area contributed by atoms with Crippen molar-refractivity contribution in [3.8, 4) is 0 Å². The number of hydrogen-bond acceptors (Lipinski definition) is 5. The topological polar surface area (TPSA) is 61.8 Å². The van der Waals surface area contributed by atoms with Gasteiger partial charge in [0.2, 0.25) is 0 Å². The highest BCUT2D eigenvalue weighted by molar-refractivity contribution is 7.99. The monoisotopic (exact) mass is 325 g/mol. The highest BCUT2D eigenvalue weighted by Gasteiger charge is 2.50. The van der Waals surface area contributed by atoms with Crippen LogP contribution in [0, 0.1) is 0 Å². The maximum atomic E-state index is 6.12. The zero-order chi connectivity index (χ0) is 14.8. The zero-order valence-electron chi connectivity index (χ0n) is 11.7. The van der Waals surface area contributed by atoms with Crippen LogP contribution >= 0.6 is 23.4 Å². The second kappa shape index (κ2) is 4.52. The molecule has 3 atom stereocenters. The predicted molar refractivity (Wildman–Crippen MR) is 83.6 cm³/mol. The number of nitrogens with zero attached hydrogens (tertiary/aromatic N) is 2. The highest BCUT2D eigenvalue weighted by Crippen LogP contribution is 2.49. The molecule has 2 aromatic rings. The lowest BCUT2D eigenvalue weighted by atomic mass is 10.1. The van der Waals surface area contributed by atoms with Crippen molar-refractivity contribution in [2.75, 3.05) is 11.5 Å². The lowest BCUT2D eigenvalue weighted by molar-refractivity contribution is -0.145. The molecule has 0 unspecified atom stereocenters. The molecule has 0 amide bonds. The van der Waals surface area contributed by atoms with E-state index in [1.807, 2.05) is 42.4 Å². The minimum atomic E-state index is -0.522. The second-order valence-corrected chi connectivity index (χ2v) is 7.49. The molecule has 0 bridgehead atoms. The first kappa shape index (κ1) is 13.7. The number of pyridine rings is 1. The van der Waals surface area contributed by atoms with Gasteiger partial charge in [-0.2, -0.15) is 0 Å². The van der Waals surface area contributed by atoms with Gasteiger partial charge in [0.1, 0.15) is 6.10 Å². The van der Waals surface area contributed by atoms with Crippen LogP contribution in [0.15, 0.2) is 18.5 Å². The SMILES string of the molecule is CC1(C)O[C@@H]2[C@@H](CS[C@H]2c2cnc3c(N)cc(Cl)cn23)O1. The van der Waals surface area contributed by atoms with Crippen molar-refractivity contribution >= 4 is 34.7 Å². The van der Waals surface area contributed by atoms with Gasteiger partial charge < -0.3 is 15.2 Å². The van der Waals surface area contributed by atoms with Crippen LogP contribution in [0.2, 0.25) is 5.02 Å². The van der Waals surface area contributed by atoms with Crippen molar-refractivity contribution in [2.45, 2.75) is 37.1 Å². The van der Waals surface area contributed by atoms with Gasteiger partial charge in [-0.3, -0.25) is 4.40 Å². The Bertz CT molecular complexity index is 718. The van der Waals surface area contributed by atoms with Crippen LogP contribution in [0.3, 0.4) is 0 Å². The minimum Gasteiger partial charge on any atom is -0.396 e. The molecule has 0 aromatic carbocycles. The number of halogens is 1. The molecule has 2 fully saturated rings. The van der Waals surface area contributed by atoms with Gasteiger partial charge >= 0.3 is 0 Å². The van der Waals surface area contributed by atoms with Crippen molar-refractivity contribution in [2.24, 2.45) is 0 Å². The van der Waals surface area contributed by atoms with Crippen LogP contribution in [0.1, 0.15) is 24.8 Å². The molecule has 4 heterocycles. The third-order valence-corrected chi connectivity index (χ3v) is 5.48. The largest absolute Gasteiger partial charge is 0.396 e. The summed E-state index contributed by atoms with van der Waals surface area (Å²) in [5.74, 6) is 0.397. The summed E-state index contributed by atoms with van der Waals surface area (Å²) >= 11 is 7.95. The number of hydrogen-bond donors (Lipinski definition) is 1. The van der Waals surface area contributed by atoms with Crippen LogP contribution in [-0.4, -0.2) is 33.1 Å². The number of ether oxygens (including phenoxy) is 2. The summed E-state index contributed by atoms with van der Waals surface area (Å²) in [5.41, 5.74) is 8.36. The molecule has 0 saturated carbocycles. The number of nitrogen functional groups attached to an aromatic ring is 1. The molecule has 4 rings (SSSR count). The number of anilines is 1. The lowest BCUT2D eigenvalue weighted by Crippen LogP contribution is -2.24. The molecule has 2 aromatic heterocycles. The number of imidazole rings is 1. The van der Waals surface area contributed by atoms with Gasteiger partial charge in [-0.15, -0.1) is 11.8 Å². The third kappa shape index (κ3) is 2.12. The van der Waals surface area contributed by atoms with E-state index in [0.717, 1.165) is 17.1 Å². The lowest BCUT2D eigenvalue weighted by Gasteiger charge is -2.21. The summed E-state index contributed by atoms with van der Waals surface area (Å²) in [4.78, 5) is 4.42. The predicted octanol–water partition coefficient (Wildman–Crippen LogP) is 2.88. The normalized spacial score (nSPS) is 30.9. The van der Waals surface area contributed by atoms with Crippen LogP contribution in [0.5, 0.6) is 0 Å². The molecule has 0 aliphatic carbocycles. The maximum Gasteiger partial charge on any atom is 0.163 e. The fourth-order valence-electron chi connectivity index (χ4n) is 3.10. The standard InChI is InChI=1S/C14H16ClN3O2S/c1-14(2)19-10-6-21-12(11(10)20-14)9-4-17-13-8(16)3-7(15)5-18(9)13/h3-5,10-12H,6,16H2,1-2H3/t10-,11-,12+/m1/s1. The fraction of sp³-hybridized carbons (Fsp3) is 0.500. The van der Waals surface area contributed by atoms with Crippen molar-refractivity contribution in [3.05, 3.63) is 29.2 Å². The zero-order valence-corrected chi connectivity index (χ0v) is 13.3. The molecular weight excluding hydrogens is 310 g/mol. The van der Waals surface area contributed by atoms with Gasteiger partial charge in [-0.25, -0.2) is 4.98 Å². The molecule has 2 aliphatic heterocycles. The molecule has 2 N–H and O–H groups in total. The van der Waals surface area contributed by atoms with Crippen LogP contribution in [0.25, 0.3) is 5.65 Å². The van der Waals surface area contributed by atoms with E-state index in [-0.39, 0.29) is 17.5 Å². The first-order chi connectivity index (χ1) is 9.94. The average Bonchev–Trinajstić information content (AvgIpc) is 3.00. The average molecular weight is 326 g/mol. The molecule has 7 heteroatoms. The summed E-state index contributed by atoms with van der Waals surface area (Å²) in [6.45, 7) is 3.91. The molecular formula is C14H16ClN3O2S. The Hall–Kier alpha value is -0.950. The van der Waals surface area contributed by atoms with E-state index >= 15 is 0 Å². The van der Waals surface area contributed by atoms with E-state index in [0.29, 0.717) is 10.7 Å². The van der Waals surface area contributed by atoms with Gasteiger partial charge in [0.15, 0.2) is 11.4 Å². The summed E-state index contributed by atoms with van der Waals surface area (Å²) < 4.78 is 14.0. The second-order valence-electron chi connectivity index (χ2n) is 5.88. The van der Waals surface area contributed by atoms with Crippen molar-refractivity contribution < 1.29 is 9.47 Å². The number of fused-ring (bicyclic) bond motifs is 2.